The van der Waals surface area contributed by atoms with E-state index < -0.39 is 23.7 Å². The molecular weight excluding hydrogens is 546 g/mol. The number of hydrogen-bond donors (Lipinski definition) is 0. The van der Waals surface area contributed by atoms with Gasteiger partial charge < -0.3 is 18.9 Å². The minimum Gasteiger partial charge on any atom is -0.494 e. The largest absolute Gasteiger partial charge is 0.494 e. The number of hydrogen-bond acceptors (Lipinski definition) is 4. The third-order valence-electron chi connectivity index (χ3n) is 7.31. The second kappa shape index (κ2) is 14.5. The summed E-state index contributed by atoms with van der Waals surface area (Å²) in [6, 6.07) is 10.7. The standard InChI is InChI=1S/C33H39F4N3O2/c1-4-7-9-32-38-31(24-10-14-26(15-11-24)41-21-8-20-39(5-2)6-3)23-40(32)25-12-16-27(17-13-25)42-28-18-19-30(34)29(22-28)33(35,36)37/h10-16,18-19,22-23,27H,4-9,17,20-21H2,1-3H3. The van der Waals surface area contributed by atoms with Gasteiger partial charge in [-0.15, -0.1) is 0 Å². The Morgan fingerprint density at radius 2 is 1.74 bits per heavy atom. The van der Waals surface area contributed by atoms with Gasteiger partial charge in [-0.2, -0.15) is 13.2 Å². The van der Waals surface area contributed by atoms with Crippen LogP contribution in [-0.2, 0) is 12.6 Å². The molecule has 5 nitrogen and oxygen atoms in total. The van der Waals surface area contributed by atoms with Crippen LogP contribution in [0.15, 0.2) is 66.9 Å². The lowest BCUT2D eigenvalue weighted by atomic mass is 10.1. The molecule has 42 heavy (non-hydrogen) atoms. The van der Waals surface area contributed by atoms with E-state index in [0.29, 0.717) is 19.1 Å². The Bertz CT molecular complexity index is 1360. The molecule has 1 aliphatic carbocycles. The number of aryl methyl sites for hydroxylation is 1. The number of ether oxygens (including phenoxy) is 2. The summed E-state index contributed by atoms with van der Waals surface area (Å²) >= 11 is 0. The maximum absolute atomic E-state index is 13.6. The molecule has 4 rings (SSSR count). The molecule has 3 aromatic rings. The van der Waals surface area contributed by atoms with E-state index in [1.54, 1.807) is 0 Å². The molecule has 1 aliphatic rings. The molecule has 0 spiro atoms. The van der Waals surface area contributed by atoms with Crippen LogP contribution in [0, 0.1) is 5.82 Å². The van der Waals surface area contributed by atoms with Gasteiger partial charge in [-0.05, 0) is 80.5 Å². The van der Waals surface area contributed by atoms with Crippen LogP contribution >= 0.6 is 0 Å². The number of rotatable bonds is 14. The zero-order valence-corrected chi connectivity index (χ0v) is 24.5. The highest BCUT2D eigenvalue weighted by atomic mass is 19.4. The molecule has 1 heterocycles. The number of allylic oxidation sites excluding steroid dienone is 2. The highest BCUT2D eigenvalue weighted by molar-refractivity contribution is 5.65. The van der Waals surface area contributed by atoms with Crippen LogP contribution in [0.4, 0.5) is 17.6 Å². The number of halogens is 4. The van der Waals surface area contributed by atoms with Gasteiger partial charge in [0.1, 0.15) is 29.2 Å². The average Bonchev–Trinajstić information content (AvgIpc) is 3.41. The zero-order chi connectivity index (χ0) is 30.1. The van der Waals surface area contributed by atoms with Crippen LogP contribution in [-0.4, -0.2) is 46.8 Å². The van der Waals surface area contributed by atoms with E-state index in [1.165, 1.54) is 6.07 Å². The van der Waals surface area contributed by atoms with Crippen molar-refractivity contribution in [3.05, 3.63) is 84.1 Å². The average molecular weight is 586 g/mol. The minimum absolute atomic E-state index is 0.0277. The fraction of sp³-hybridized carbons (Fsp3) is 0.424. The number of benzene rings is 2. The van der Waals surface area contributed by atoms with Crippen molar-refractivity contribution in [1.82, 2.24) is 14.5 Å². The molecule has 1 aromatic heterocycles. The quantitative estimate of drug-likeness (QED) is 0.141. The predicted molar refractivity (Wildman–Crippen MR) is 158 cm³/mol. The van der Waals surface area contributed by atoms with E-state index in [4.69, 9.17) is 14.5 Å². The van der Waals surface area contributed by atoms with Crippen molar-refractivity contribution in [3.63, 3.8) is 0 Å². The first-order chi connectivity index (χ1) is 20.2. The molecule has 0 saturated heterocycles. The van der Waals surface area contributed by atoms with E-state index in [2.05, 4.69) is 30.2 Å². The van der Waals surface area contributed by atoms with Gasteiger partial charge >= 0.3 is 6.18 Å². The first kappa shape index (κ1) is 31.3. The van der Waals surface area contributed by atoms with Crippen LogP contribution in [0.25, 0.3) is 17.0 Å². The zero-order valence-electron chi connectivity index (χ0n) is 24.5. The Hall–Kier alpha value is -3.59. The molecule has 0 fully saturated rings. The molecule has 226 valence electrons. The van der Waals surface area contributed by atoms with Crippen molar-refractivity contribution in [2.45, 2.75) is 65.2 Å². The van der Waals surface area contributed by atoms with E-state index in [-0.39, 0.29) is 5.75 Å². The highest BCUT2D eigenvalue weighted by Gasteiger charge is 2.34. The van der Waals surface area contributed by atoms with Gasteiger partial charge in [0, 0.05) is 36.8 Å². The topological polar surface area (TPSA) is 39.5 Å². The molecular formula is C33H39F4N3O2. The minimum atomic E-state index is -4.79. The second-order valence-electron chi connectivity index (χ2n) is 10.3. The summed E-state index contributed by atoms with van der Waals surface area (Å²) in [5.41, 5.74) is 1.42. The molecule has 0 aliphatic heterocycles. The molecule has 0 radical (unpaired) electrons. The first-order valence-electron chi connectivity index (χ1n) is 14.7. The van der Waals surface area contributed by atoms with Crippen molar-refractivity contribution in [2.75, 3.05) is 26.2 Å². The molecule has 0 N–H and O–H groups in total. The summed E-state index contributed by atoms with van der Waals surface area (Å²) in [4.78, 5) is 7.31. The number of imidazole rings is 1. The maximum Gasteiger partial charge on any atom is 0.419 e. The predicted octanol–water partition coefficient (Wildman–Crippen LogP) is 8.41. The van der Waals surface area contributed by atoms with Crippen molar-refractivity contribution >= 4 is 5.70 Å². The van der Waals surface area contributed by atoms with Crippen LogP contribution in [0.2, 0.25) is 0 Å². The van der Waals surface area contributed by atoms with Gasteiger partial charge in [0.25, 0.3) is 0 Å². The Kier molecular flexibility index (Phi) is 10.8. The molecule has 0 saturated carbocycles. The number of nitrogens with zero attached hydrogens (tertiary/aromatic N) is 3. The summed E-state index contributed by atoms with van der Waals surface area (Å²) in [5.74, 6) is 0.420. The summed E-state index contributed by atoms with van der Waals surface area (Å²) in [6.45, 7) is 10.2. The third-order valence-corrected chi connectivity index (χ3v) is 7.31. The maximum atomic E-state index is 13.6. The van der Waals surface area contributed by atoms with Gasteiger partial charge in [-0.1, -0.05) is 33.3 Å². The van der Waals surface area contributed by atoms with Crippen molar-refractivity contribution in [1.29, 1.82) is 0 Å². The fourth-order valence-corrected chi connectivity index (χ4v) is 4.86. The van der Waals surface area contributed by atoms with Gasteiger partial charge in [-0.25, -0.2) is 9.37 Å². The lowest BCUT2D eigenvalue weighted by Gasteiger charge is -2.20. The fourth-order valence-electron chi connectivity index (χ4n) is 4.86. The summed E-state index contributed by atoms with van der Waals surface area (Å²) in [7, 11) is 0. The third kappa shape index (κ3) is 8.25. The van der Waals surface area contributed by atoms with Crippen molar-refractivity contribution < 1.29 is 27.0 Å². The van der Waals surface area contributed by atoms with Gasteiger partial charge in [0.2, 0.25) is 0 Å². The Morgan fingerprint density at radius 3 is 2.38 bits per heavy atom. The van der Waals surface area contributed by atoms with Gasteiger partial charge in [-0.3, -0.25) is 0 Å². The van der Waals surface area contributed by atoms with E-state index >= 15 is 0 Å². The van der Waals surface area contributed by atoms with Gasteiger partial charge in [0.05, 0.1) is 17.9 Å². The summed E-state index contributed by atoms with van der Waals surface area (Å²) < 4.78 is 66.7. The van der Waals surface area contributed by atoms with Crippen LogP contribution in [0.3, 0.4) is 0 Å². The summed E-state index contributed by atoms with van der Waals surface area (Å²) in [6.07, 6.45) is 6.69. The summed E-state index contributed by atoms with van der Waals surface area (Å²) in [5, 5.41) is 0. The molecule has 9 heteroatoms. The van der Waals surface area contributed by atoms with Gasteiger partial charge in [0.15, 0.2) is 0 Å². The monoisotopic (exact) mass is 585 g/mol. The molecule has 1 atom stereocenters. The van der Waals surface area contributed by atoms with Crippen molar-refractivity contribution in [2.24, 2.45) is 0 Å². The van der Waals surface area contributed by atoms with Crippen LogP contribution in [0.1, 0.15) is 57.8 Å². The van der Waals surface area contributed by atoms with E-state index in [1.807, 2.05) is 48.7 Å². The second-order valence-corrected chi connectivity index (χ2v) is 10.3. The normalized spacial score (nSPS) is 15.2. The number of alkyl halides is 3. The van der Waals surface area contributed by atoms with Crippen molar-refractivity contribution in [3.8, 4) is 22.8 Å². The molecule has 1 unspecified atom stereocenters. The van der Waals surface area contributed by atoms with Crippen LogP contribution in [0.5, 0.6) is 11.5 Å². The molecule has 0 amide bonds. The van der Waals surface area contributed by atoms with E-state index in [9.17, 15) is 17.6 Å². The number of unbranched alkanes of at least 4 members (excludes halogenated alkanes) is 1. The molecule has 0 bridgehead atoms. The lowest BCUT2D eigenvalue weighted by Crippen LogP contribution is -2.25. The lowest BCUT2D eigenvalue weighted by molar-refractivity contribution is -0.140. The molecule has 2 aromatic carbocycles. The Labute approximate surface area is 245 Å². The van der Waals surface area contributed by atoms with E-state index in [0.717, 1.165) is 79.9 Å². The van der Waals surface area contributed by atoms with Crippen LogP contribution < -0.4 is 9.47 Å². The SMILES string of the molecule is CCCCc1nc(-c2ccc(OCCCN(CC)CC)cc2)cn1C1=CCC(Oc2ccc(F)c(C(F)(F)F)c2)C=C1. The highest BCUT2D eigenvalue weighted by Crippen LogP contribution is 2.34. The Balaban J connectivity index is 1.42. The Morgan fingerprint density at radius 1 is 1.00 bits per heavy atom. The first-order valence-corrected chi connectivity index (χ1v) is 14.7. The number of aromatic nitrogens is 2. The smallest absolute Gasteiger partial charge is 0.419 e.